The molecule has 18 heavy (non-hydrogen) atoms. The minimum Gasteiger partial charge on any atom is -0.395 e. The summed E-state index contributed by atoms with van der Waals surface area (Å²) in [6.07, 6.45) is -4.60. The van der Waals surface area contributed by atoms with Crippen LogP contribution in [-0.4, -0.2) is 36.1 Å². The lowest BCUT2D eigenvalue weighted by Gasteiger charge is -2.19. The Morgan fingerprint density at radius 2 is 2.06 bits per heavy atom. The van der Waals surface area contributed by atoms with Crippen molar-refractivity contribution in [3.8, 4) is 0 Å². The molecule has 0 bridgehead atoms. The summed E-state index contributed by atoms with van der Waals surface area (Å²) in [4.78, 5) is 12.9. The van der Waals surface area contributed by atoms with Crippen molar-refractivity contribution >= 4 is 21.8 Å². The zero-order valence-corrected chi connectivity index (χ0v) is 11.0. The second-order valence-electron chi connectivity index (χ2n) is 3.64. The molecular formula is C11H11BrF3NO2. The second-order valence-corrected chi connectivity index (χ2v) is 4.55. The molecule has 1 aromatic rings. The van der Waals surface area contributed by atoms with E-state index in [9.17, 15) is 18.0 Å². The summed E-state index contributed by atoms with van der Waals surface area (Å²) in [6, 6.07) is 3.35. The summed E-state index contributed by atoms with van der Waals surface area (Å²) in [5.41, 5.74) is -1.42. The molecule has 0 unspecified atom stereocenters. The third-order valence-corrected chi connectivity index (χ3v) is 2.79. The maximum absolute atomic E-state index is 12.8. The molecule has 0 radical (unpaired) electrons. The van der Waals surface area contributed by atoms with Crippen LogP contribution in [0.3, 0.4) is 0 Å². The minimum absolute atomic E-state index is 0.0216. The quantitative estimate of drug-likeness (QED) is 0.927. The van der Waals surface area contributed by atoms with Gasteiger partial charge in [-0.3, -0.25) is 4.79 Å². The Balaban J connectivity index is 3.20. The molecule has 1 aromatic carbocycles. The van der Waals surface area contributed by atoms with Crippen molar-refractivity contribution < 1.29 is 23.1 Å². The van der Waals surface area contributed by atoms with Crippen LogP contribution in [0.5, 0.6) is 0 Å². The van der Waals surface area contributed by atoms with E-state index in [4.69, 9.17) is 5.11 Å². The fraction of sp³-hybridized carbons (Fsp3) is 0.364. The lowest BCUT2D eigenvalue weighted by molar-refractivity contribution is -0.138. The number of nitrogens with zero attached hydrogens (tertiary/aromatic N) is 1. The van der Waals surface area contributed by atoms with E-state index in [1.807, 2.05) is 0 Å². The second kappa shape index (κ2) is 5.71. The summed E-state index contributed by atoms with van der Waals surface area (Å²) in [5.74, 6) is -0.774. The van der Waals surface area contributed by atoms with Gasteiger partial charge in [0.25, 0.3) is 5.91 Å². The highest BCUT2D eigenvalue weighted by Crippen LogP contribution is 2.34. The van der Waals surface area contributed by atoms with Crippen molar-refractivity contribution in [3.05, 3.63) is 33.8 Å². The maximum Gasteiger partial charge on any atom is 0.417 e. The largest absolute Gasteiger partial charge is 0.417 e. The predicted molar refractivity (Wildman–Crippen MR) is 63.2 cm³/mol. The molecular weight excluding hydrogens is 315 g/mol. The first-order valence-corrected chi connectivity index (χ1v) is 5.79. The number of carbonyl (C=O) groups is 1. The zero-order valence-electron chi connectivity index (χ0n) is 9.46. The first-order valence-electron chi connectivity index (χ1n) is 5.00. The van der Waals surface area contributed by atoms with Crippen LogP contribution in [0.4, 0.5) is 13.2 Å². The molecule has 3 nitrogen and oxygen atoms in total. The first-order chi connectivity index (χ1) is 8.27. The molecule has 0 aromatic heterocycles. The van der Waals surface area contributed by atoms with Crippen LogP contribution in [0, 0.1) is 0 Å². The molecule has 0 aliphatic carbocycles. The average molecular weight is 326 g/mol. The molecule has 1 amide bonds. The summed E-state index contributed by atoms with van der Waals surface area (Å²) >= 11 is 2.94. The van der Waals surface area contributed by atoms with Gasteiger partial charge in [0.15, 0.2) is 0 Å². The van der Waals surface area contributed by atoms with E-state index < -0.39 is 23.2 Å². The van der Waals surface area contributed by atoms with Crippen molar-refractivity contribution in [1.82, 2.24) is 4.90 Å². The summed E-state index contributed by atoms with van der Waals surface area (Å²) < 4.78 is 38.6. The number of carbonyl (C=O) groups excluding carboxylic acids is 1. The van der Waals surface area contributed by atoms with Gasteiger partial charge in [0.1, 0.15) is 0 Å². The smallest absolute Gasteiger partial charge is 0.395 e. The molecule has 0 atom stereocenters. The highest BCUT2D eigenvalue weighted by molar-refractivity contribution is 9.10. The molecule has 0 fully saturated rings. The van der Waals surface area contributed by atoms with Gasteiger partial charge in [-0.25, -0.2) is 0 Å². The zero-order chi connectivity index (χ0) is 13.9. The lowest BCUT2D eigenvalue weighted by Crippen LogP contribution is -2.31. The van der Waals surface area contributed by atoms with E-state index in [2.05, 4.69) is 15.9 Å². The summed E-state index contributed by atoms with van der Waals surface area (Å²) in [5, 5.41) is 8.68. The lowest BCUT2D eigenvalue weighted by atomic mass is 10.1. The Hall–Kier alpha value is -1.08. The van der Waals surface area contributed by atoms with Crippen LogP contribution >= 0.6 is 15.9 Å². The number of aliphatic hydroxyl groups is 1. The van der Waals surface area contributed by atoms with Crippen molar-refractivity contribution in [1.29, 1.82) is 0 Å². The molecule has 1 N–H and O–H groups in total. The van der Waals surface area contributed by atoms with Gasteiger partial charge in [0.2, 0.25) is 0 Å². The summed E-state index contributed by atoms with van der Waals surface area (Å²) in [6.45, 7) is -0.327. The Morgan fingerprint density at radius 3 is 2.56 bits per heavy atom. The molecule has 0 saturated carbocycles. The third kappa shape index (κ3) is 3.46. The van der Waals surface area contributed by atoms with Gasteiger partial charge in [-0.2, -0.15) is 13.2 Å². The molecule has 1 rings (SSSR count). The van der Waals surface area contributed by atoms with E-state index in [0.29, 0.717) is 0 Å². The Morgan fingerprint density at radius 1 is 1.44 bits per heavy atom. The van der Waals surface area contributed by atoms with Crippen molar-refractivity contribution in [2.45, 2.75) is 6.18 Å². The van der Waals surface area contributed by atoms with Crippen LogP contribution in [0.2, 0.25) is 0 Å². The molecule has 0 spiro atoms. The van der Waals surface area contributed by atoms with Crippen molar-refractivity contribution in [2.24, 2.45) is 0 Å². The molecule has 0 saturated heterocycles. The highest BCUT2D eigenvalue weighted by atomic mass is 79.9. The number of benzene rings is 1. The summed E-state index contributed by atoms with van der Waals surface area (Å²) in [7, 11) is 1.33. The van der Waals surface area contributed by atoms with E-state index in [-0.39, 0.29) is 17.6 Å². The van der Waals surface area contributed by atoms with Gasteiger partial charge in [-0.15, -0.1) is 0 Å². The van der Waals surface area contributed by atoms with Crippen LogP contribution in [-0.2, 0) is 6.18 Å². The van der Waals surface area contributed by atoms with Gasteiger partial charge in [-0.1, -0.05) is 15.9 Å². The van der Waals surface area contributed by atoms with E-state index >= 15 is 0 Å². The number of hydrogen-bond acceptors (Lipinski definition) is 2. The number of amides is 1. The van der Waals surface area contributed by atoms with Gasteiger partial charge in [0.05, 0.1) is 17.7 Å². The van der Waals surface area contributed by atoms with Crippen LogP contribution < -0.4 is 0 Å². The number of rotatable bonds is 3. The molecule has 100 valence electrons. The highest BCUT2D eigenvalue weighted by Gasteiger charge is 2.35. The maximum atomic E-state index is 12.8. The Labute approximate surface area is 110 Å². The fourth-order valence-electron chi connectivity index (χ4n) is 1.39. The van der Waals surface area contributed by atoms with E-state index in [0.717, 1.165) is 17.0 Å². The number of alkyl halides is 3. The van der Waals surface area contributed by atoms with Gasteiger partial charge >= 0.3 is 6.18 Å². The molecule has 0 aliphatic rings. The van der Waals surface area contributed by atoms with Gasteiger partial charge in [0, 0.05) is 18.1 Å². The average Bonchev–Trinajstić information content (AvgIpc) is 2.27. The monoisotopic (exact) mass is 325 g/mol. The Bertz CT molecular complexity index is 448. The number of hydrogen-bond donors (Lipinski definition) is 1. The Kier molecular flexibility index (Phi) is 4.75. The topological polar surface area (TPSA) is 40.5 Å². The van der Waals surface area contributed by atoms with Crippen LogP contribution in [0.15, 0.2) is 22.7 Å². The normalized spacial score (nSPS) is 11.4. The number of halogens is 4. The SMILES string of the molecule is CN(CCO)C(=O)c1ccc(Br)cc1C(F)(F)F. The third-order valence-electron chi connectivity index (χ3n) is 2.30. The van der Waals surface area contributed by atoms with Gasteiger partial charge < -0.3 is 10.0 Å². The van der Waals surface area contributed by atoms with Crippen molar-refractivity contribution in [2.75, 3.05) is 20.2 Å². The van der Waals surface area contributed by atoms with Crippen LogP contribution in [0.1, 0.15) is 15.9 Å². The predicted octanol–water partition coefficient (Wildman–Crippen LogP) is 2.53. The van der Waals surface area contributed by atoms with Crippen LogP contribution in [0.25, 0.3) is 0 Å². The number of likely N-dealkylation sites (N-methyl/N-ethyl adjacent to an activating group) is 1. The number of aliphatic hydroxyl groups excluding tert-OH is 1. The van der Waals surface area contributed by atoms with Crippen molar-refractivity contribution in [3.63, 3.8) is 0 Å². The van der Waals surface area contributed by atoms with Gasteiger partial charge in [-0.05, 0) is 18.2 Å². The molecule has 0 aliphatic heterocycles. The standard InChI is InChI=1S/C11H11BrF3NO2/c1-16(4-5-17)10(18)8-3-2-7(12)6-9(8)11(13,14)15/h2-3,6,17H,4-5H2,1H3. The first kappa shape index (κ1) is 15.0. The fourth-order valence-corrected chi connectivity index (χ4v) is 1.76. The minimum atomic E-state index is -4.60. The van der Waals surface area contributed by atoms with E-state index in [1.54, 1.807) is 0 Å². The van der Waals surface area contributed by atoms with E-state index in [1.165, 1.54) is 13.1 Å². The molecule has 7 heteroatoms. The molecule has 0 heterocycles.